The Hall–Kier alpha value is -0.0701. The molecule has 0 atom stereocenters. The minimum atomic E-state index is 1.05. The van der Waals surface area contributed by atoms with E-state index in [4.69, 9.17) is 0 Å². The summed E-state index contributed by atoms with van der Waals surface area (Å²) in [5, 5.41) is 0. The van der Waals surface area contributed by atoms with Crippen LogP contribution in [-0.4, -0.2) is 15.1 Å². The molecule has 0 radical (unpaired) electrons. The quantitative estimate of drug-likeness (QED) is 0.378. The van der Waals surface area contributed by atoms with E-state index in [1.54, 1.807) is 7.98 Å². The fraction of sp³-hybridized carbons (Fsp3) is 1.00. The van der Waals surface area contributed by atoms with Gasteiger partial charge in [0.15, 0.2) is 0 Å². The molecule has 0 unspecified atom stereocenters. The molecule has 0 spiro atoms. The molecular weight excluding hydrogens is 59.7 g/mol. The molecule has 0 saturated carbocycles. The van der Waals surface area contributed by atoms with E-state index in [0.29, 0.717) is 0 Å². The van der Waals surface area contributed by atoms with Crippen LogP contribution in [0.4, 0.5) is 0 Å². The first-order valence-corrected chi connectivity index (χ1v) is 1.82. The van der Waals surface area contributed by atoms with Crippen molar-refractivity contribution in [1.29, 1.82) is 0 Å². The Kier molecular flexibility index (Phi) is 3.87. The van der Waals surface area contributed by atoms with Crippen LogP contribution in [-0.2, 0) is 0 Å². The van der Waals surface area contributed by atoms with Gasteiger partial charge in [0.1, 0.15) is 0 Å². The molecule has 1 nitrogen and oxygen atoms in total. The third kappa shape index (κ3) is 3.93. The molecule has 0 rings (SSSR count). The zero-order valence-electron chi connectivity index (χ0n) is 3.73. The fourth-order valence-electron chi connectivity index (χ4n) is 0.183. The molecule has 0 heterocycles. The van der Waals surface area contributed by atoms with Crippen molar-refractivity contribution < 1.29 is 0 Å². The maximum absolute atomic E-state index is 3.73. The second-order valence-corrected chi connectivity index (χ2v) is 0.849. The topological polar surface area (TPSA) is 12.4 Å². The van der Waals surface area contributed by atoms with Crippen LogP contribution < -0.4 is 0 Å². The summed E-state index contributed by atoms with van der Waals surface area (Å²) in [4.78, 5) is 3.73. The van der Waals surface area contributed by atoms with Crippen LogP contribution in [0.5, 0.6) is 0 Å². The first-order valence-electron chi connectivity index (χ1n) is 1.82. The fourth-order valence-corrected chi connectivity index (χ4v) is 0.183. The van der Waals surface area contributed by atoms with Crippen molar-refractivity contribution in [3.63, 3.8) is 0 Å². The minimum absolute atomic E-state index is 1.05. The van der Waals surface area contributed by atoms with Crippen molar-refractivity contribution in [2.75, 3.05) is 0 Å². The SMILES string of the molecule is B/N=B/CC. The van der Waals surface area contributed by atoms with Gasteiger partial charge in [-0.15, -0.1) is 0 Å². The van der Waals surface area contributed by atoms with Gasteiger partial charge in [-0.3, -0.25) is 0 Å². The molecule has 0 amide bonds. The van der Waals surface area contributed by atoms with Gasteiger partial charge in [-0.1, -0.05) is 0 Å². The Balaban J connectivity index is 2.62. The van der Waals surface area contributed by atoms with E-state index >= 15 is 0 Å². The molecule has 3 heteroatoms. The third-order valence-electron chi connectivity index (χ3n) is 0.365. The van der Waals surface area contributed by atoms with Crippen molar-refractivity contribution in [1.82, 2.24) is 0 Å². The molecule has 0 aromatic heterocycles. The van der Waals surface area contributed by atoms with E-state index in [1.165, 1.54) is 0 Å². The molecule has 0 bridgehead atoms. The molecular formula is C2H7B2N. The van der Waals surface area contributed by atoms with Crippen molar-refractivity contribution in [2.45, 2.75) is 13.2 Å². The van der Waals surface area contributed by atoms with Crippen LogP contribution in [0, 0.1) is 0 Å². The van der Waals surface area contributed by atoms with E-state index in [-0.39, 0.29) is 0 Å². The van der Waals surface area contributed by atoms with E-state index in [1.807, 2.05) is 7.07 Å². The Labute approximate surface area is 34.2 Å². The predicted molar refractivity (Wildman–Crippen MR) is 27.2 cm³/mol. The number of nitrogens with zero attached hydrogens (tertiary/aromatic N) is 1. The summed E-state index contributed by atoms with van der Waals surface area (Å²) in [5.74, 6) is 0. The van der Waals surface area contributed by atoms with Gasteiger partial charge in [-0.05, 0) is 0 Å². The van der Waals surface area contributed by atoms with Crippen LogP contribution in [0.2, 0.25) is 6.32 Å². The molecule has 0 aromatic carbocycles. The van der Waals surface area contributed by atoms with Crippen LogP contribution in [0.25, 0.3) is 0 Å². The summed E-state index contributed by atoms with van der Waals surface area (Å²) in [6.45, 7) is 2.06. The van der Waals surface area contributed by atoms with E-state index in [9.17, 15) is 0 Å². The van der Waals surface area contributed by atoms with Gasteiger partial charge in [0.2, 0.25) is 0 Å². The summed E-state index contributed by atoms with van der Waals surface area (Å²) >= 11 is 0. The monoisotopic (exact) mass is 67.1 g/mol. The van der Waals surface area contributed by atoms with Crippen molar-refractivity contribution in [3.05, 3.63) is 0 Å². The number of rotatable bonds is 1. The Morgan fingerprint density at radius 1 is 2.00 bits per heavy atom. The second-order valence-electron chi connectivity index (χ2n) is 0.849. The summed E-state index contributed by atoms with van der Waals surface area (Å²) in [7, 11) is 3.66. The zero-order chi connectivity index (χ0) is 4.12. The Morgan fingerprint density at radius 3 is 2.60 bits per heavy atom. The van der Waals surface area contributed by atoms with Gasteiger partial charge in [-0.2, -0.15) is 0 Å². The van der Waals surface area contributed by atoms with E-state index in [0.717, 1.165) is 6.32 Å². The molecule has 0 aliphatic heterocycles. The Morgan fingerprint density at radius 2 is 2.60 bits per heavy atom. The summed E-state index contributed by atoms with van der Waals surface area (Å²) in [6.07, 6.45) is 1.05. The van der Waals surface area contributed by atoms with Crippen LogP contribution in [0.15, 0.2) is 4.81 Å². The molecule has 0 saturated heterocycles. The van der Waals surface area contributed by atoms with Gasteiger partial charge in [0.05, 0.1) is 0 Å². The number of hydrogen-bond donors (Lipinski definition) is 0. The molecule has 5 heavy (non-hydrogen) atoms. The first-order chi connectivity index (χ1) is 2.41. The summed E-state index contributed by atoms with van der Waals surface area (Å²) in [6, 6.07) is 0. The van der Waals surface area contributed by atoms with Crippen LogP contribution >= 0.6 is 0 Å². The Bertz CT molecular complexity index is 34.6. The first kappa shape index (κ1) is 4.93. The average molecular weight is 66.7 g/mol. The van der Waals surface area contributed by atoms with Gasteiger partial charge in [0.25, 0.3) is 0 Å². The van der Waals surface area contributed by atoms with Gasteiger partial charge >= 0.3 is 33.1 Å². The van der Waals surface area contributed by atoms with Gasteiger partial charge < -0.3 is 0 Å². The van der Waals surface area contributed by atoms with E-state index < -0.39 is 0 Å². The van der Waals surface area contributed by atoms with Crippen LogP contribution in [0.1, 0.15) is 6.92 Å². The average Bonchev–Trinajstić information content (AvgIpc) is 1.41. The molecule has 0 aliphatic carbocycles. The second kappa shape index (κ2) is 3.93. The van der Waals surface area contributed by atoms with E-state index in [2.05, 4.69) is 11.7 Å². The zero-order valence-corrected chi connectivity index (χ0v) is 3.73. The molecule has 0 aromatic rings. The van der Waals surface area contributed by atoms with Gasteiger partial charge in [0, 0.05) is 0 Å². The summed E-state index contributed by atoms with van der Waals surface area (Å²) < 4.78 is 0. The number of hydrogen-bond acceptors (Lipinski definition) is 1. The summed E-state index contributed by atoms with van der Waals surface area (Å²) in [5.41, 5.74) is 0. The third-order valence-corrected chi connectivity index (χ3v) is 0.365. The normalized spacial score (nSPS) is 8.20. The molecule has 0 N–H and O–H groups in total. The van der Waals surface area contributed by atoms with Gasteiger partial charge in [-0.25, -0.2) is 0 Å². The molecule has 0 fully saturated rings. The van der Waals surface area contributed by atoms with Crippen molar-refractivity contribution in [3.8, 4) is 0 Å². The van der Waals surface area contributed by atoms with Crippen LogP contribution in [0.3, 0.4) is 0 Å². The molecule has 0 aliphatic rings. The van der Waals surface area contributed by atoms with Crippen molar-refractivity contribution >= 4 is 15.1 Å². The standard InChI is InChI=1S/C2H7B2N/c1-2-4-5-3/h2-3H2,1H3. The molecule has 26 valence electrons. The maximum atomic E-state index is 3.73. The van der Waals surface area contributed by atoms with Crippen molar-refractivity contribution in [2.24, 2.45) is 4.81 Å². The predicted octanol–water partition coefficient (Wildman–Crippen LogP) is -0.140.